The van der Waals surface area contributed by atoms with Crippen molar-refractivity contribution in [1.82, 2.24) is 0 Å². The van der Waals surface area contributed by atoms with Crippen molar-refractivity contribution in [3.63, 3.8) is 0 Å². The van der Waals surface area contributed by atoms with Gasteiger partial charge in [-0.05, 0) is 23.2 Å². The quantitative estimate of drug-likeness (QED) is 0.541. The Hall–Kier alpha value is -0.0800. The van der Waals surface area contributed by atoms with Crippen LogP contribution < -0.4 is 0 Å². The molecule has 1 unspecified atom stereocenters. The van der Waals surface area contributed by atoms with Gasteiger partial charge in [-0.3, -0.25) is 0 Å². The third-order valence-electron chi connectivity index (χ3n) is 3.16. The van der Waals surface area contributed by atoms with E-state index in [1.54, 1.807) is 0 Å². The summed E-state index contributed by atoms with van der Waals surface area (Å²) in [5.41, 5.74) is 0.453. The highest BCUT2D eigenvalue weighted by Gasteiger charge is 2.34. The van der Waals surface area contributed by atoms with E-state index < -0.39 is 0 Å². The van der Waals surface area contributed by atoms with Gasteiger partial charge in [0.25, 0.3) is 0 Å². The molecule has 0 spiro atoms. The molecule has 13 heavy (non-hydrogen) atoms. The maximum Gasteiger partial charge on any atom is 0.0875 e. The lowest BCUT2D eigenvalue weighted by molar-refractivity contribution is -0.332. The summed E-state index contributed by atoms with van der Waals surface area (Å²) in [6.07, 6.45) is 1.20. The van der Waals surface area contributed by atoms with Gasteiger partial charge in [0.05, 0.1) is 13.2 Å². The van der Waals surface area contributed by atoms with Crippen molar-refractivity contribution in [2.45, 2.75) is 41.0 Å². The molecule has 0 aromatic rings. The average Bonchev–Trinajstić information content (AvgIpc) is 1.96. The molecule has 0 saturated carbocycles. The van der Waals surface area contributed by atoms with Gasteiger partial charge in [0, 0.05) is 0 Å². The Bertz CT molecular complexity index is 173. The van der Waals surface area contributed by atoms with Crippen LogP contribution in [0.3, 0.4) is 0 Å². The summed E-state index contributed by atoms with van der Waals surface area (Å²) >= 11 is 0. The van der Waals surface area contributed by atoms with Crippen molar-refractivity contribution in [2.24, 2.45) is 16.7 Å². The van der Waals surface area contributed by atoms with Crippen molar-refractivity contribution in [3.05, 3.63) is 0 Å². The maximum absolute atomic E-state index is 5.20. The van der Waals surface area contributed by atoms with Crippen molar-refractivity contribution in [1.29, 1.82) is 0 Å². The Morgan fingerprint density at radius 1 is 1.00 bits per heavy atom. The van der Waals surface area contributed by atoms with Crippen LogP contribution in [0.2, 0.25) is 0 Å². The Labute approximate surface area is 81.5 Å². The van der Waals surface area contributed by atoms with Crippen LogP contribution in [0.5, 0.6) is 0 Å². The number of hydrogen-bond acceptors (Lipinski definition) is 2. The standard InChI is InChI=1S/C11H22O2/c1-9-6-10(2,3)7-12-13-8-11(9,4)5/h9H,6-8H2,1-5H3. The number of rotatable bonds is 0. The van der Waals surface area contributed by atoms with Crippen LogP contribution in [0, 0.1) is 16.7 Å². The molecule has 2 heteroatoms. The first kappa shape index (κ1) is 11.0. The van der Waals surface area contributed by atoms with E-state index in [1.165, 1.54) is 6.42 Å². The zero-order valence-corrected chi connectivity index (χ0v) is 9.52. The van der Waals surface area contributed by atoms with Crippen molar-refractivity contribution >= 4 is 0 Å². The minimum Gasteiger partial charge on any atom is -0.236 e. The van der Waals surface area contributed by atoms with Crippen LogP contribution in [0.1, 0.15) is 41.0 Å². The zero-order valence-electron chi connectivity index (χ0n) is 9.52. The van der Waals surface area contributed by atoms with Crippen LogP contribution in [-0.2, 0) is 9.78 Å². The first-order chi connectivity index (χ1) is 5.83. The third kappa shape index (κ3) is 2.96. The molecular formula is C11H22O2. The second-order valence-corrected chi connectivity index (χ2v) is 5.78. The molecule has 1 heterocycles. The lowest BCUT2D eigenvalue weighted by atomic mass is 9.72. The summed E-state index contributed by atoms with van der Waals surface area (Å²) in [6, 6.07) is 0. The molecule has 0 N–H and O–H groups in total. The minimum absolute atomic E-state index is 0.220. The second kappa shape index (κ2) is 3.58. The van der Waals surface area contributed by atoms with Gasteiger partial charge in [0.2, 0.25) is 0 Å². The van der Waals surface area contributed by atoms with E-state index in [0.717, 1.165) is 0 Å². The molecule has 1 fully saturated rings. The van der Waals surface area contributed by atoms with Crippen LogP contribution in [-0.4, -0.2) is 13.2 Å². The topological polar surface area (TPSA) is 18.5 Å². The van der Waals surface area contributed by atoms with Crippen LogP contribution in [0.15, 0.2) is 0 Å². The smallest absolute Gasteiger partial charge is 0.0875 e. The van der Waals surface area contributed by atoms with E-state index in [4.69, 9.17) is 9.78 Å². The van der Waals surface area contributed by atoms with Crippen LogP contribution >= 0.6 is 0 Å². The van der Waals surface area contributed by atoms with E-state index in [1.807, 2.05) is 0 Å². The van der Waals surface area contributed by atoms with Crippen molar-refractivity contribution in [2.75, 3.05) is 13.2 Å². The zero-order chi connectivity index (χ0) is 10.1. The molecule has 0 amide bonds. The molecule has 0 aromatic carbocycles. The maximum atomic E-state index is 5.20. The molecule has 1 atom stereocenters. The van der Waals surface area contributed by atoms with Gasteiger partial charge in [0.15, 0.2) is 0 Å². The van der Waals surface area contributed by atoms with Gasteiger partial charge in [0.1, 0.15) is 0 Å². The highest BCUT2D eigenvalue weighted by Crippen LogP contribution is 2.38. The third-order valence-corrected chi connectivity index (χ3v) is 3.16. The first-order valence-electron chi connectivity index (χ1n) is 5.08. The fraction of sp³-hybridized carbons (Fsp3) is 1.00. The van der Waals surface area contributed by atoms with E-state index in [2.05, 4.69) is 34.6 Å². The monoisotopic (exact) mass is 186 g/mol. The first-order valence-corrected chi connectivity index (χ1v) is 5.08. The largest absolute Gasteiger partial charge is 0.236 e. The molecule has 1 rings (SSSR count). The summed E-state index contributed by atoms with van der Waals surface area (Å²) in [6.45, 7) is 12.6. The molecular weight excluding hydrogens is 164 g/mol. The lowest BCUT2D eigenvalue weighted by Crippen LogP contribution is -2.36. The number of hydrogen-bond donors (Lipinski definition) is 0. The van der Waals surface area contributed by atoms with Gasteiger partial charge in [-0.15, -0.1) is 0 Å². The average molecular weight is 186 g/mol. The summed E-state index contributed by atoms with van der Waals surface area (Å²) in [5, 5.41) is 0. The Kier molecular flexibility index (Phi) is 3.03. The fourth-order valence-corrected chi connectivity index (χ4v) is 1.70. The summed E-state index contributed by atoms with van der Waals surface area (Å²) in [4.78, 5) is 10.4. The van der Waals surface area contributed by atoms with E-state index in [-0.39, 0.29) is 10.8 Å². The molecule has 0 aliphatic carbocycles. The minimum atomic E-state index is 0.220. The van der Waals surface area contributed by atoms with Crippen molar-refractivity contribution in [3.8, 4) is 0 Å². The SMILES string of the molecule is CC1CC(C)(C)COOCC1(C)C. The molecule has 0 radical (unpaired) electrons. The van der Waals surface area contributed by atoms with Crippen LogP contribution in [0.25, 0.3) is 0 Å². The van der Waals surface area contributed by atoms with E-state index >= 15 is 0 Å². The van der Waals surface area contributed by atoms with E-state index in [9.17, 15) is 0 Å². The van der Waals surface area contributed by atoms with E-state index in [0.29, 0.717) is 19.1 Å². The molecule has 0 aromatic heterocycles. The van der Waals surface area contributed by atoms with Gasteiger partial charge in [-0.1, -0.05) is 34.6 Å². The molecule has 0 bridgehead atoms. The molecule has 1 saturated heterocycles. The van der Waals surface area contributed by atoms with Gasteiger partial charge in [-0.2, -0.15) is 0 Å². The van der Waals surface area contributed by atoms with Crippen molar-refractivity contribution < 1.29 is 9.78 Å². The molecule has 78 valence electrons. The Morgan fingerprint density at radius 2 is 1.54 bits per heavy atom. The Balaban J connectivity index is 2.67. The van der Waals surface area contributed by atoms with Gasteiger partial charge >= 0.3 is 0 Å². The summed E-state index contributed by atoms with van der Waals surface area (Å²) < 4.78 is 0. The normalized spacial score (nSPS) is 33.5. The molecule has 2 nitrogen and oxygen atoms in total. The molecule has 1 aliphatic rings. The van der Waals surface area contributed by atoms with Gasteiger partial charge in [-0.25, -0.2) is 9.78 Å². The highest BCUT2D eigenvalue weighted by atomic mass is 17.2. The molecule has 1 aliphatic heterocycles. The Morgan fingerprint density at radius 3 is 2.15 bits per heavy atom. The summed E-state index contributed by atoms with van der Waals surface area (Å²) in [7, 11) is 0. The van der Waals surface area contributed by atoms with Gasteiger partial charge < -0.3 is 0 Å². The van der Waals surface area contributed by atoms with Crippen LogP contribution in [0.4, 0.5) is 0 Å². The predicted octanol–water partition coefficient (Wildman–Crippen LogP) is 3.03. The predicted molar refractivity (Wildman–Crippen MR) is 53.2 cm³/mol. The lowest BCUT2D eigenvalue weighted by Gasteiger charge is -2.39. The summed E-state index contributed by atoms with van der Waals surface area (Å²) in [5.74, 6) is 0.673. The second-order valence-electron chi connectivity index (χ2n) is 5.78. The highest BCUT2D eigenvalue weighted by molar-refractivity contribution is 4.81. The fourth-order valence-electron chi connectivity index (χ4n) is 1.70.